The van der Waals surface area contributed by atoms with Crippen LogP contribution in [0.5, 0.6) is 0 Å². The standard InChI is InChI=1S/C13H19N5O2S/c1-14-12-13(18-10-6-3-7-11(18)15-12)21(19,20)16-17-8-4-2-5-9-17/h3,6-7,10,14,16H,2,4-5,8-9H2,1H3. The number of hydrogen-bond acceptors (Lipinski definition) is 5. The zero-order chi connectivity index (χ0) is 14.9. The van der Waals surface area contributed by atoms with Gasteiger partial charge >= 0.3 is 0 Å². The van der Waals surface area contributed by atoms with Crippen LogP contribution in [0, 0.1) is 0 Å². The predicted molar refractivity (Wildman–Crippen MR) is 80.5 cm³/mol. The summed E-state index contributed by atoms with van der Waals surface area (Å²) in [5, 5.41) is 4.77. The molecule has 0 aliphatic carbocycles. The van der Waals surface area contributed by atoms with Gasteiger partial charge in [0.05, 0.1) is 0 Å². The number of nitrogens with one attached hydrogen (secondary N) is 2. The van der Waals surface area contributed by atoms with E-state index in [0.29, 0.717) is 11.5 Å². The first-order valence-corrected chi connectivity index (χ1v) is 8.52. The lowest BCUT2D eigenvalue weighted by atomic mass is 10.2. The van der Waals surface area contributed by atoms with Gasteiger partial charge in [-0.25, -0.2) is 18.4 Å². The molecule has 2 N–H and O–H groups in total. The van der Waals surface area contributed by atoms with Gasteiger partial charge in [0.25, 0.3) is 10.0 Å². The number of fused-ring (bicyclic) bond motifs is 1. The van der Waals surface area contributed by atoms with Crippen molar-refractivity contribution in [2.45, 2.75) is 24.3 Å². The van der Waals surface area contributed by atoms with Gasteiger partial charge in [0.2, 0.25) is 0 Å². The normalized spacial score (nSPS) is 17.2. The van der Waals surface area contributed by atoms with E-state index in [-0.39, 0.29) is 5.03 Å². The highest BCUT2D eigenvalue weighted by Crippen LogP contribution is 2.22. The number of nitrogens with zero attached hydrogens (tertiary/aromatic N) is 3. The summed E-state index contributed by atoms with van der Waals surface area (Å²) in [6.07, 6.45) is 4.87. The molecule has 0 atom stereocenters. The first-order valence-electron chi connectivity index (χ1n) is 7.04. The van der Waals surface area contributed by atoms with Crippen LogP contribution in [-0.2, 0) is 10.0 Å². The molecule has 1 fully saturated rings. The van der Waals surface area contributed by atoms with Crippen LogP contribution in [0.15, 0.2) is 29.4 Å². The van der Waals surface area contributed by atoms with Crippen LogP contribution < -0.4 is 10.1 Å². The molecule has 2 aromatic rings. The fraction of sp³-hybridized carbons (Fsp3) is 0.462. The van der Waals surface area contributed by atoms with Crippen molar-refractivity contribution in [3.8, 4) is 0 Å². The summed E-state index contributed by atoms with van der Waals surface area (Å²) in [5.41, 5.74) is 0.598. The summed E-state index contributed by atoms with van der Waals surface area (Å²) >= 11 is 0. The summed E-state index contributed by atoms with van der Waals surface area (Å²) in [4.78, 5) is 6.97. The second-order valence-electron chi connectivity index (χ2n) is 5.09. The van der Waals surface area contributed by atoms with E-state index in [2.05, 4.69) is 15.1 Å². The molecule has 21 heavy (non-hydrogen) atoms. The molecule has 0 aromatic carbocycles. The van der Waals surface area contributed by atoms with Crippen molar-refractivity contribution in [3.05, 3.63) is 24.4 Å². The Morgan fingerprint density at radius 3 is 2.67 bits per heavy atom. The first-order chi connectivity index (χ1) is 10.1. The van der Waals surface area contributed by atoms with E-state index in [1.54, 1.807) is 34.8 Å². The lowest BCUT2D eigenvalue weighted by Crippen LogP contribution is -2.45. The molecule has 0 amide bonds. The Hall–Kier alpha value is -1.64. The minimum atomic E-state index is -3.67. The Labute approximate surface area is 124 Å². The average Bonchev–Trinajstić information content (AvgIpc) is 2.87. The van der Waals surface area contributed by atoms with Gasteiger partial charge in [-0.2, -0.15) is 0 Å². The lowest BCUT2D eigenvalue weighted by molar-refractivity contribution is 0.199. The minimum Gasteiger partial charge on any atom is -0.371 e. The molecule has 3 rings (SSSR count). The van der Waals surface area contributed by atoms with Gasteiger partial charge in [-0.05, 0) is 25.0 Å². The topological polar surface area (TPSA) is 78.7 Å². The Morgan fingerprint density at radius 2 is 1.95 bits per heavy atom. The molecule has 0 bridgehead atoms. The van der Waals surface area contributed by atoms with Crippen molar-refractivity contribution in [3.63, 3.8) is 0 Å². The molecule has 0 saturated carbocycles. The molecule has 1 aliphatic rings. The molecule has 0 radical (unpaired) electrons. The monoisotopic (exact) mass is 309 g/mol. The zero-order valence-corrected chi connectivity index (χ0v) is 12.7. The summed E-state index contributed by atoms with van der Waals surface area (Å²) in [5.74, 6) is 0.353. The second kappa shape index (κ2) is 5.63. The molecular weight excluding hydrogens is 290 g/mol. The average molecular weight is 309 g/mol. The highest BCUT2D eigenvalue weighted by atomic mass is 32.2. The van der Waals surface area contributed by atoms with E-state index < -0.39 is 10.0 Å². The van der Waals surface area contributed by atoms with Crippen molar-refractivity contribution in [1.29, 1.82) is 0 Å². The fourth-order valence-corrected chi connectivity index (χ4v) is 4.02. The van der Waals surface area contributed by atoms with E-state index in [1.165, 1.54) is 0 Å². The Balaban J connectivity index is 2.01. The molecule has 1 saturated heterocycles. The number of hydrogen-bond donors (Lipinski definition) is 2. The Morgan fingerprint density at radius 1 is 1.19 bits per heavy atom. The molecule has 0 unspecified atom stereocenters. The maximum Gasteiger partial charge on any atom is 0.273 e. The number of imidazole rings is 1. The third-order valence-corrected chi connectivity index (χ3v) is 4.98. The van der Waals surface area contributed by atoms with E-state index >= 15 is 0 Å². The summed E-state index contributed by atoms with van der Waals surface area (Å²) in [6, 6.07) is 5.39. The third kappa shape index (κ3) is 2.74. The molecule has 114 valence electrons. The van der Waals surface area contributed by atoms with Gasteiger partial charge in [-0.1, -0.05) is 12.5 Å². The number of aromatic nitrogens is 2. The van der Waals surface area contributed by atoms with Gasteiger partial charge in [-0.15, -0.1) is 4.83 Å². The molecule has 2 aromatic heterocycles. The van der Waals surface area contributed by atoms with Crippen molar-refractivity contribution in [2.75, 3.05) is 25.5 Å². The van der Waals surface area contributed by atoms with Gasteiger partial charge < -0.3 is 5.32 Å². The Bertz CT molecular complexity index is 734. The largest absolute Gasteiger partial charge is 0.371 e. The highest BCUT2D eigenvalue weighted by Gasteiger charge is 2.27. The molecule has 3 heterocycles. The summed E-state index contributed by atoms with van der Waals surface area (Å²) < 4.78 is 27.0. The number of rotatable bonds is 4. The summed E-state index contributed by atoms with van der Waals surface area (Å²) in [6.45, 7) is 1.48. The van der Waals surface area contributed by atoms with Crippen molar-refractivity contribution < 1.29 is 8.42 Å². The van der Waals surface area contributed by atoms with Crippen molar-refractivity contribution in [1.82, 2.24) is 19.2 Å². The third-order valence-electron chi connectivity index (χ3n) is 3.58. The van der Waals surface area contributed by atoms with E-state index in [1.807, 2.05) is 6.07 Å². The van der Waals surface area contributed by atoms with E-state index in [9.17, 15) is 8.42 Å². The smallest absolute Gasteiger partial charge is 0.273 e. The lowest BCUT2D eigenvalue weighted by Gasteiger charge is -2.26. The maximum atomic E-state index is 12.7. The number of piperidine rings is 1. The molecule has 1 aliphatic heterocycles. The van der Waals surface area contributed by atoms with Crippen LogP contribution in [0.4, 0.5) is 5.82 Å². The number of sulfonamides is 1. The number of hydrazine groups is 1. The van der Waals surface area contributed by atoms with Crippen LogP contribution in [-0.4, -0.2) is 42.9 Å². The van der Waals surface area contributed by atoms with Gasteiger partial charge in [0, 0.05) is 26.3 Å². The van der Waals surface area contributed by atoms with Crippen LogP contribution in [0.3, 0.4) is 0 Å². The quantitative estimate of drug-likeness (QED) is 0.883. The van der Waals surface area contributed by atoms with Crippen LogP contribution in [0.25, 0.3) is 5.65 Å². The molecule has 8 heteroatoms. The van der Waals surface area contributed by atoms with Crippen molar-refractivity contribution >= 4 is 21.5 Å². The number of anilines is 1. The maximum absolute atomic E-state index is 12.7. The fourth-order valence-electron chi connectivity index (χ4n) is 2.59. The molecule has 7 nitrogen and oxygen atoms in total. The highest BCUT2D eigenvalue weighted by molar-refractivity contribution is 7.89. The van der Waals surface area contributed by atoms with E-state index in [0.717, 1.165) is 32.4 Å². The van der Waals surface area contributed by atoms with Crippen molar-refractivity contribution in [2.24, 2.45) is 0 Å². The zero-order valence-electron chi connectivity index (χ0n) is 11.9. The van der Waals surface area contributed by atoms with Gasteiger partial charge in [0.1, 0.15) is 5.65 Å². The summed E-state index contributed by atoms with van der Waals surface area (Å²) in [7, 11) is -2.00. The van der Waals surface area contributed by atoms with Crippen LogP contribution >= 0.6 is 0 Å². The SMILES string of the molecule is CNc1nc2ccccn2c1S(=O)(=O)NN1CCCCC1. The minimum absolute atomic E-state index is 0.145. The molecule has 0 spiro atoms. The first kappa shape index (κ1) is 14.3. The van der Waals surface area contributed by atoms with Crippen LogP contribution in [0.2, 0.25) is 0 Å². The Kier molecular flexibility index (Phi) is 3.83. The predicted octanol–water partition coefficient (Wildman–Crippen LogP) is 1.06. The van der Waals surface area contributed by atoms with Gasteiger partial charge in [0.15, 0.2) is 10.8 Å². The van der Waals surface area contributed by atoms with E-state index in [4.69, 9.17) is 0 Å². The number of pyridine rings is 1. The van der Waals surface area contributed by atoms with Gasteiger partial charge in [-0.3, -0.25) is 4.40 Å². The molecular formula is C13H19N5O2S. The van der Waals surface area contributed by atoms with Crippen LogP contribution in [0.1, 0.15) is 19.3 Å². The second-order valence-corrected chi connectivity index (χ2v) is 6.66.